The number of hydrogen-bond acceptors (Lipinski definition) is 5. The number of thioether (sulfide) groups is 1. The van der Waals surface area contributed by atoms with Crippen molar-refractivity contribution < 1.29 is 24.3 Å². The maximum Gasteiger partial charge on any atom is 0.326 e. The molecule has 0 bridgehead atoms. The lowest BCUT2D eigenvalue weighted by atomic mass is 9.99. The van der Waals surface area contributed by atoms with Crippen LogP contribution in [-0.2, 0) is 19.2 Å². The molecule has 0 aromatic heterocycles. The van der Waals surface area contributed by atoms with E-state index in [0.717, 1.165) is 0 Å². The van der Waals surface area contributed by atoms with Gasteiger partial charge in [-0.2, -0.15) is 11.8 Å². The van der Waals surface area contributed by atoms with Crippen LogP contribution in [0.5, 0.6) is 0 Å². The summed E-state index contributed by atoms with van der Waals surface area (Å²) in [5.74, 6) is -2.35. The van der Waals surface area contributed by atoms with Crippen LogP contribution in [0.1, 0.15) is 41.0 Å². The minimum Gasteiger partial charge on any atom is -0.480 e. The standard InChI is InChI=1S/C17H31N3O5S/c1-9(2)13(16(23)20-14(10(3)4)17(24)25)19-15(22)12(7-8-26-6)18-11(5)21/h9-10,12-14H,7-8H2,1-6H3,(H,18,21)(H,19,22)(H,20,23)(H,24,25)/t12-,13-,14-/m0/s1. The van der Waals surface area contributed by atoms with Gasteiger partial charge in [0, 0.05) is 6.92 Å². The molecule has 0 aromatic rings. The van der Waals surface area contributed by atoms with Gasteiger partial charge in [-0.25, -0.2) is 4.79 Å². The number of hydrogen-bond donors (Lipinski definition) is 4. The van der Waals surface area contributed by atoms with Crippen LogP contribution in [0.3, 0.4) is 0 Å². The van der Waals surface area contributed by atoms with E-state index in [1.54, 1.807) is 39.5 Å². The van der Waals surface area contributed by atoms with Gasteiger partial charge in [-0.05, 0) is 30.3 Å². The molecule has 0 unspecified atom stereocenters. The van der Waals surface area contributed by atoms with Crippen LogP contribution in [0.15, 0.2) is 0 Å². The van der Waals surface area contributed by atoms with Crippen LogP contribution in [0.2, 0.25) is 0 Å². The van der Waals surface area contributed by atoms with Crippen molar-refractivity contribution in [1.29, 1.82) is 0 Å². The number of carbonyl (C=O) groups excluding carboxylic acids is 3. The molecule has 3 amide bonds. The van der Waals surface area contributed by atoms with E-state index in [2.05, 4.69) is 16.0 Å². The number of amides is 3. The van der Waals surface area contributed by atoms with Gasteiger partial charge < -0.3 is 21.1 Å². The van der Waals surface area contributed by atoms with Crippen molar-refractivity contribution in [2.45, 2.75) is 59.2 Å². The molecule has 0 fully saturated rings. The van der Waals surface area contributed by atoms with Crippen molar-refractivity contribution in [1.82, 2.24) is 16.0 Å². The van der Waals surface area contributed by atoms with E-state index in [-0.39, 0.29) is 17.7 Å². The highest BCUT2D eigenvalue weighted by Crippen LogP contribution is 2.08. The molecule has 0 heterocycles. The summed E-state index contributed by atoms with van der Waals surface area (Å²) in [6.07, 6.45) is 2.33. The van der Waals surface area contributed by atoms with Crippen LogP contribution >= 0.6 is 11.8 Å². The van der Waals surface area contributed by atoms with Gasteiger partial charge in [-0.3, -0.25) is 14.4 Å². The molecular formula is C17H31N3O5S. The molecule has 0 rings (SSSR count). The summed E-state index contributed by atoms with van der Waals surface area (Å²) in [4.78, 5) is 47.7. The molecule has 0 spiro atoms. The summed E-state index contributed by atoms with van der Waals surface area (Å²) >= 11 is 1.54. The normalized spacial score (nSPS) is 14.5. The van der Waals surface area contributed by atoms with Crippen LogP contribution < -0.4 is 16.0 Å². The Morgan fingerprint density at radius 1 is 0.885 bits per heavy atom. The molecular weight excluding hydrogens is 358 g/mol. The van der Waals surface area contributed by atoms with E-state index in [0.29, 0.717) is 12.2 Å². The van der Waals surface area contributed by atoms with Gasteiger partial charge in [-0.1, -0.05) is 27.7 Å². The largest absolute Gasteiger partial charge is 0.480 e. The monoisotopic (exact) mass is 389 g/mol. The van der Waals surface area contributed by atoms with E-state index in [4.69, 9.17) is 0 Å². The Morgan fingerprint density at radius 3 is 1.77 bits per heavy atom. The van der Waals surface area contributed by atoms with Crippen molar-refractivity contribution in [3.05, 3.63) is 0 Å². The van der Waals surface area contributed by atoms with Crippen LogP contribution in [0.4, 0.5) is 0 Å². The number of carbonyl (C=O) groups is 4. The number of carboxylic acid groups (broad SMARTS) is 1. The minimum atomic E-state index is -1.13. The molecule has 4 N–H and O–H groups in total. The maximum absolute atomic E-state index is 12.5. The number of rotatable bonds is 11. The fourth-order valence-electron chi connectivity index (χ4n) is 2.30. The van der Waals surface area contributed by atoms with Crippen molar-refractivity contribution in [2.75, 3.05) is 12.0 Å². The lowest BCUT2D eigenvalue weighted by Gasteiger charge is -2.27. The highest BCUT2D eigenvalue weighted by Gasteiger charge is 2.31. The van der Waals surface area contributed by atoms with E-state index in [1.165, 1.54) is 6.92 Å². The SMILES string of the molecule is CSCC[C@H](NC(C)=O)C(=O)N[C@H](C(=O)N[C@H](C(=O)O)C(C)C)C(C)C. The van der Waals surface area contributed by atoms with Gasteiger partial charge >= 0.3 is 5.97 Å². The molecule has 26 heavy (non-hydrogen) atoms. The Morgan fingerprint density at radius 2 is 1.38 bits per heavy atom. The first kappa shape index (κ1) is 24.2. The molecule has 150 valence electrons. The minimum absolute atomic E-state index is 0.251. The van der Waals surface area contributed by atoms with E-state index >= 15 is 0 Å². The van der Waals surface area contributed by atoms with Crippen molar-refractivity contribution in [3.63, 3.8) is 0 Å². The Labute approximate surface area is 159 Å². The fourth-order valence-corrected chi connectivity index (χ4v) is 2.77. The summed E-state index contributed by atoms with van der Waals surface area (Å²) < 4.78 is 0. The predicted octanol–water partition coefficient (Wildman–Crippen LogP) is 0.610. The Hall–Kier alpha value is -1.77. The van der Waals surface area contributed by atoms with Gasteiger partial charge in [0.15, 0.2) is 0 Å². The zero-order chi connectivity index (χ0) is 20.4. The summed E-state index contributed by atoms with van der Waals surface area (Å²) in [7, 11) is 0. The summed E-state index contributed by atoms with van der Waals surface area (Å²) in [6.45, 7) is 8.22. The molecule has 0 radical (unpaired) electrons. The Bertz CT molecular complexity index is 511. The molecule has 9 heteroatoms. The first-order chi connectivity index (χ1) is 12.0. The van der Waals surface area contributed by atoms with E-state index in [1.807, 2.05) is 6.26 Å². The Balaban J connectivity index is 5.17. The van der Waals surface area contributed by atoms with Crippen molar-refractivity contribution >= 4 is 35.5 Å². The van der Waals surface area contributed by atoms with E-state index in [9.17, 15) is 24.3 Å². The summed E-state index contributed by atoms with van der Waals surface area (Å²) in [6, 6.07) is -2.67. The van der Waals surface area contributed by atoms with Gasteiger partial charge in [-0.15, -0.1) is 0 Å². The zero-order valence-electron chi connectivity index (χ0n) is 16.3. The third kappa shape index (κ3) is 8.55. The van der Waals surface area contributed by atoms with Crippen LogP contribution in [0.25, 0.3) is 0 Å². The third-order valence-corrected chi connectivity index (χ3v) is 4.43. The number of aliphatic carboxylic acids is 1. The fraction of sp³-hybridized carbons (Fsp3) is 0.765. The van der Waals surface area contributed by atoms with E-state index < -0.39 is 35.9 Å². The molecule has 0 saturated heterocycles. The number of nitrogens with one attached hydrogen (secondary N) is 3. The average molecular weight is 390 g/mol. The predicted molar refractivity (Wildman–Crippen MR) is 102 cm³/mol. The lowest BCUT2D eigenvalue weighted by molar-refractivity contribution is -0.143. The quantitative estimate of drug-likeness (QED) is 0.410. The first-order valence-corrected chi connectivity index (χ1v) is 10.00. The van der Waals surface area contributed by atoms with Crippen molar-refractivity contribution in [3.8, 4) is 0 Å². The topological polar surface area (TPSA) is 125 Å². The van der Waals surface area contributed by atoms with Gasteiger partial charge in [0.2, 0.25) is 17.7 Å². The zero-order valence-corrected chi connectivity index (χ0v) is 17.1. The van der Waals surface area contributed by atoms with Crippen LogP contribution in [-0.4, -0.2) is 58.9 Å². The summed E-state index contributed by atoms with van der Waals surface area (Å²) in [5.41, 5.74) is 0. The molecule has 0 aliphatic carbocycles. The molecule has 8 nitrogen and oxygen atoms in total. The van der Waals surface area contributed by atoms with Crippen LogP contribution in [0, 0.1) is 11.8 Å². The third-order valence-electron chi connectivity index (χ3n) is 3.78. The van der Waals surface area contributed by atoms with Gasteiger partial charge in [0.1, 0.15) is 18.1 Å². The first-order valence-electron chi connectivity index (χ1n) is 8.60. The van der Waals surface area contributed by atoms with Gasteiger partial charge in [0.25, 0.3) is 0 Å². The molecule has 0 aromatic carbocycles. The second-order valence-corrected chi connectivity index (χ2v) is 7.82. The maximum atomic E-state index is 12.5. The summed E-state index contributed by atoms with van der Waals surface area (Å²) in [5, 5.41) is 16.9. The average Bonchev–Trinajstić information content (AvgIpc) is 2.52. The van der Waals surface area contributed by atoms with Gasteiger partial charge in [0.05, 0.1) is 0 Å². The molecule has 0 aliphatic rings. The number of carboxylic acids is 1. The molecule has 3 atom stereocenters. The molecule has 0 saturated carbocycles. The lowest BCUT2D eigenvalue weighted by Crippen LogP contribution is -2.58. The highest BCUT2D eigenvalue weighted by atomic mass is 32.2. The molecule has 0 aliphatic heterocycles. The second-order valence-electron chi connectivity index (χ2n) is 6.83. The highest BCUT2D eigenvalue weighted by molar-refractivity contribution is 7.98. The smallest absolute Gasteiger partial charge is 0.326 e. The second kappa shape index (κ2) is 11.8. The Kier molecular flexibility index (Phi) is 11.0. The van der Waals surface area contributed by atoms with Crippen molar-refractivity contribution in [2.24, 2.45) is 11.8 Å².